The van der Waals surface area contributed by atoms with E-state index in [0.29, 0.717) is 0 Å². The fourth-order valence-corrected chi connectivity index (χ4v) is 0.984. The van der Waals surface area contributed by atoms with Crippen LogP contribution in [0.2, 0.25) is 0 Å². The van der Waals surface area contributed by atoms with E-state index in [9.17, 15) is 0 Å². The zero-order valence-electron chi connectivity index (χ0n) is 7.66. The number of terminal acetylenes is 1. The molecule has 0 unspecified atom stereocenters. The molecule has 0 aromatic heterocycles. The molecule has 0 aromatic carbocycles. The quantitative estimate of drug-likeness (QED) is 0.376. The molecular formula is C9H13N3O. The Morgan fingerprint density at radius 3 is 3.46 bits per heavy atom. The summed E-state index contributed by atoms with van der Waals surface area (Å²) >= 11 is 0. The van der Waals surface area contributed by atoms with Gasteiger partial charge in [0.25, 0.3) is 0 Å². The fourth-order valence-electron chi connectivity index (χ4n) is 0.984. The molecule has 0 atom stereocenters. The molecule has 1 aliphatic heterocycles. The minimum Gasteiger partial charge on any atom is -0.283 e. The topological polar surface area (TPSA) is 36.9 Å². The van der Waals surface area contributed by atoms with Crippen molar-refractivity contribution < 1.29 is 4.84 Å². The van der Waals surface area contributed by atoms with Gasteiger partial charge in [-0.25, -0.2) is 0 Å². The normalized spacial score (nSPS) is 20.2. The van der Waals surface area contributed by atoms with Gasteiger partial charge < -0.3 is 0 Å². The molecule has 70 valence electrons. The van der Waals surface area contributed by atoms with Gasteiger partial charge in [0.05, 0.1) is 6.67 Å². The summed E-state index contributed by atoms with van der Waals surface area (Å²) in [4.78, 5) is 11.1. The Morgan fingerprint density at radius 1 is 1.92 bits per heavy atom. The number of nitrogens with zero attached hydrogens (tertiary/aromatic N) is 2. The minimum absolute atomic E-state index is 0.261. The van der Waals surface area contributed by atoms with E-state index < -0.39 is 0 Å². The van der Waals surface area contributed by atoms with Crippen molar-refractivity contribution >= 4 is 6.21 Å². The molecule has 1 heterocycles. The van der Waals surface area contributed by atoms with Gasteiger partial charge in [-0.1, -0.05) is 5.92 Å². The molecule has 0 spiro atoms. The molecular weight excluding hydrogens is 166 g/mol. The average Bonchev–Trinajstić information content (AvgIpc) is 2.13. The smallest absolute Gasteiger partial charge is 0.135 e. The first-order valence-corrected chi connectivity index (χ1v) is 4.01. The summed E-state index contributed by atoms with van der Waals surface area (Å²) in [5, 5.41) is 0. The molecule has 13 heavy (non-hydrogen) atoms. The van der Waals surface area contributed by atoms with Crippen LogP contribution in [0.5, 0.6) is 0 Å². The lowest BCUT2D eigenvalue weighted by Gasteiger charge is -2.18. The minimum atomic E-state index is 0.261. The van der Waals surface area contributed by atoms with Gasteiger partial charge in [0.15, 0.2) is 0 Å². The van der Waals surface area contributed by atoms with Crippen molar-refractivity contribution in [3.05, 3.63) is 11.8 Å². The van der Waals surface area contributed by atoms with Gasteiger partial charge in [0.1, 0.15) is 6.61 Å². The molecule has 0 radical (unpaired) electrons. The van der Waals surface area contributed by atoms with Crippen LogP contribution in [0, 0.1) is 12.3 Å². The number of likely N-dealkylation sites (N-methyl/N-ethyl adjacent to an activating group) is 1. The Hall–Kier alpha value is -1.31. The first kappa shape index (κ1) is 9.78. The second-order valence-electron chi connectivity index (χ2n) is 2.80. The highest BCUT2D eigenvalue weighted by Gasteiger charge is 2.04. The number of hydrogen-bond donors (Lipinski definition) is 1. The van der Waals surface area contributed by atoms with Gasteiger partial charge in [-0.2, -0.15) is 0 Å². The molecule has 0 aliphatic carbocycles. The summed E-state index contributed by atoms with van der Waals surface area (Å²) in [5.74, 6) is 2.36. The van der Waals surface area contributed by atoms with Gasteiger partial charge in [-0.3, -0.25) is 20.2 Å². The van der Waals surface area contributed by atoms with E-state index in [1.807, 2.05) is 13.3 Å². The molecule has 0 saturated heterocycles. The Balaban J connectivity index is 2.30. The molecule has 1 rings (SSSR count). The second kappa shape index (κ2) is 5.36. The van der Waals surface area contributed by atoms with Crippen LogP contribution >= 0.6 is 0 Å². The summed E-state index contributed by atoms with van der Waals surface area (Å²) in [6, 6.07) is 0. The highest BCUT2D eigenvalue weighted by molar-refractivity contribution is 5.79. The van der Waals surface area contributed by atoms with Crippen molar-refractivity contribution in [3.63, 3.8) is 0 Å². The van der Waals surface area contributed by atoms with Gasteiger partial charge >= 0.3 is 0 Å². The van der Waals surface area contributed by atoms with Gasteiger partial charge in [0.2, 0.25) is 0 Å². The van der Waals surface area contributed by atoms with Crippen molar-refractivity contribution in [1.82, 2.24) is 10.4 Å². The predicted molar refractivity (Wildman–Crippen MR) is 52.0 cm³/mol. The van der Waals surface area contributed by atoms with E-state index in [1.165, 1.54) is 0 Å². The fraction of sp³-hybridized carbons (Fsp3) is 0.444. The van der Waals surface area contributed by atoms with E-state index in [4.69, 9.17) is 11.3 Å². The second-order valence-corrected chi connectivity index (χ2v) is 2.80. The van der Waals surface area contributed by atoms with Crippen LogP contribution in [0.1, 0.15) is 0 Å². The number of rotatable bonds is 3. The molecule has 0 aromatic rings. The zero-order chi connectivity index (χ0) is 9.52. The van der Waals surface area contributed by atoms with Gasteiger partial charge in [-0.15, -0.1) is 6.42 Å². The Kier molecular flexibility index (Phi) is 4.03. The Bertz CT molecular complexity index is 252. The number of hydroxylamine groups is 1. The van der Waals surface area contributed by atoms with E-state index in [-0.39, 0.29) is 6.61 Å². The Labute approximate surface area is 78.2 Å². The van der Waals surface area contributed by atoms with Crippen LogP contribution in [0.3, 0.4) is 0 Å². The molecule has 0 saturated carbocycles. The summed E-state index contributed by atoms with van der Waals surface area (Å²) in [6.45, 7) is 1.88. The van der Waals surface area contributed by atoms with Crippen LogP contribution in [0.25, 0.3) is 0 Å². The summed E-state index contributed by atoms with van der Waals surface area (Å²) in [5.41, 5.74) is 3.73. The first-order valence-electron chi connectivity index (χ1n) is 4.01. The lowest BCUT2D eigenvalue weighted by Crippen LogP contribution is -2.26. The summed E-state index contributed by atoms with van der Waals surface area (Å²) in [7, 11) is 2.01. The summed E-state index contributed by atoms with van der Waals surface area (Å²) in [6.07, 6.45) is 8.59. The van der Waals surface area contributed by atoms with Crippen molar-refractivity contribution in [2.24, 2.45) is 4.99 Å². The predicted octanol–water partition coefficient (Wildman–Crippen LogP) is -0.00160. The lowest BCUT2D eigenvalue weighted by atomic mass is 10.3. The van der Waals surface area contributed by atoms with Crippen molar-refractivity contribution in [2.75, 3.05) is 26.9 Å². The molecule has 0 amide bonds. The third-order valence-electron chi connectivity index (χ3n) is 1.52. The number of nitrogens with one attached hydrogen (secondary N) is 1. The lowest BCUT2D eigenvalue weighted by molar-refractivity contribution is 0.0991. The maximum absolute atomic E-state index is 5.00. The van der Waals surface area contributed by atoms with Crippen molar-refractivity contribution in [3.8, 4) is 12.3 Å². The Morgan fingerprint density at radius 2 is 2.77 bits per heavy atom. The van der Waals surface area contributed by atoms with E-state index in [0.717, 1.165) is 18.8 Å². The third kappa shape index (κ3) is 3.74. The van der Waals surface area contributed by atoms with Crippen LogP contribution in [-0.4, -0.2) is 38.0 Å². The third-order valence-corrected chi connectivity index (χ3v) is 1.52. The molecule has 0 fully saturated rings. The maximum atomic E-state index is 5.00. The van der Waals surface area contributed by atoms with E-state index >= 15 is 0 Å². The number of hydrogen-bond acceptors (Lipinski definition) is 4. The van der Waals surface area contributed by atoms with Gasteiger partial charge in [0, 0.05) is 24.5 Å². The van der Waals surface area contributed by atoms with Crippen molar-refractivity contribution in [1.29, 1.82) is 0 Å². The summed E-state index contributed by atoms with van der Waals surface area (Å²) < 4.78 is 0. The van der Waals surface area contributed by atoms with E-state index in [1.54, 1.807) is 6.20 Å². The monoisotopic (exact) mass is 179 g/mol. The molecule has 0 bridgehead atoms. The van der Waals surface area contributed by atoms with E-state index in [2.05, 4.69) is 21.3 Å². The van der Waals surface area contributed by atoms with Crippen LogP contribution < -0.4 is 5.48 Å². The van der Waals surface area contributed by atoms with Crippen LogP contribution in [0.15, 0.2) is 16.8 Å². The zero-order valence-corrected chi connectivity index (χ0v) is 7.66. The SMILES string of the molecule is C#CCON/C=C1/C=NCN(C)C1. The van der Waals surface area contributed by atoms with Crippen LogP contribution in [-0.2, 0) is 4.84 Å². The highest BCUT2D eigenvalue weighted by atomic mass is 16.6. The number of aliphatic imine (C=N–C) groups is 1. The molecule has 1 N–H and O–H groups in total. The van der Waals surface area contributed by atoms with Crippen molar-refractivity contribution in [2.45, 2.75) is 0 Å². The highest BCUT2D eigenvalue weighted by Crippen LogP contribution is 1.99. The average molecular weight is 179 g/mol. The first-order chi connectivity index (χ1) is 6.33. The van der Waals surface area contributed by atoms with Crippen LogP contribution in [0.4, 0.5) is 0 Å². The molecule has 4 nitrogen and oxygen atoms in total. The standard InChI is InChI=1S/C9H13N3O/c1-3-4-13-11-6-9-5-10-8-12(2)7-9/h1,5-6,11H,4,7-8H2,2H3/b9-6-. The molecule has 1 aliphatic rings. The largest absolute Gasteiger partial charge is 0.283 e. The maximum Gasteiger partial charge on any atom is 0.135 e. The van der Waals surface area contributed by atoms with Gasteiger partial charge in [-0.05, 0) is 7.05 Å². The molecule has 4 heteroatoms.